The molecule has 1 aromatic carbocycles. The van der Waals surface area contributed by atoms with Gasteiger partial charge in [-0.1, -0.05) is 23.7 Å². The lowest BCUT2D eigenvalue weighted by molar-refractivity contribution is -0.172. The molecule has 3 heterocycles. The van der Waals surface area contributed by atoms with E-state index in [-0.39, 0.29) is 53.9 Å². The SMILES string of the molecule is Cc1cc(Nc2cc(C(C)(F)F)c(F)c(CC3(C(=O)OC(C)(C)C)CCN(Cc4cccc(Cl)c4F)C(C)C3)n2)nn1C(C)(C)C. The number of ether oxygens (including phenoxy) is 1. The van der Waals surface area contributed by atoms with Gasteiger partial charge in [0.05, 0.1) is 27.2 Å². The quantitative estimate of drug-likeness (QED) is 0.192. The molecule has 46 heavy (non-hydrogen) atoms. The predicted molar refractivity (Wildman–Crippen MR) is 172 cm³/mol. The number of alkyl halides is 2. The summed E-state index contributed by atoms with van der Waals surface area (Å²) < 4.78 is 68.0. The molecular weight excluding hydrogens is 622 g/mol. The van der Waals surface area contributed by atoms with Gasteiger partial charge in [0.2, 0.25) is 0 Å². The van der Waals surface area contributed by atoms with Crippen molar-refractivity contribution in [3.63, 3.8) is 0 Å². The first-order valence-electron chi connectivity index (χ1n) is 15.4. The highest BCUT2D eigenvalue weighted by Crippen LogP contribution is 2.43. The number of pyridine rings is 1. The van der Waals surface area contributed by atoms with Crippen LogP contribution in [0.2, 0.25) is 5.02 Å². The maximum Gasteiger partial charge on any atom is 0.313 e. The maximum atomic E-state index is 16.0. The predicted octanol–water partition coefficient (Wildman–Crippen LogP) is 8.68. The Morgan fingerprint density at radius 2 is 1.76 bits per heavy atom. The van der Waals surface area contributed by atoms with Gasteiger partial charge in [0.15, 0.2) is 11.6 Å². The Labute approximate surface area is 273 Å². The van der Waals surface area contributed by atoms with Crippen molar-refractivity contribution in [2.75, 3.05) is 11.9 Å². The molecule has 1 saturated heterocycles. The van der Waals surface area contributed by atoms with Crippen LogP contribution in [0.5, 0.6) is 0 Å². The number of nitrogens with zero attached hydrogens (tertiary/aromatic N) is 4. The second kappa shape index (κ2) is 12.8. The van der Waals surface area contributed by atoms with E-state index >= 15 is 4.39 Å². The summed E-state index contributed by atoms with van der Waals surface area (Å²) in [6, 6.07) is 7.26. The van der Waals surface area contributed by atoms with Gasteiger partial charge in [-0.2, -0.15) is 5.10 Å². The minimum atomic E-state index is -3.53. The lowest BCUT2D eigenvalue weighted by Crippen LogP contribution is -2.51. The third kappa shape index (κ3) is 8.02. The van der Waals surface area contributed by atoms with Crippen molar-refractivity contribution in [1.82, 2.24) is 19.7 Å². The zero-order valence-corrected chi connectivity index (χ0v) is 28.8. The van der Waals surface area contributed by atoms with Crippen molar-refractivity contribution in [3.8, 4) is 0 Å². The number of esters is 1. The number of halogens is 5. The fourth-order valence-corrected chi connectivity index (χ4v) is 6.25. The van der Waals surface area contributed by atoms with Crippen LogP contribution in [-0.4, -0.2) is 43.8 Å². The number of nitrogens with one attached hydrogen (secondary N) is 1. The molecule has 2 aromatic heterocycles. The first-order chi connectivity index (χ1) is 21.1. The molecule has 1 N–H and O–H groups in total. The molecule has 4 rings (SSSR count). The number of piperidine rings is 1. The van der Waals surface area contributed by atoms with Crippen LogP contribution in [0.25, 0.3) is 0 Å². The average molecular weight is 666 g/mol. The molecule has 0 amide bonds. The number of carbonyl (C=O) groups is 1. The Balaban J connectivity index is 1.73. The van der Waals surface area contributed by atoms with Crippen molar-refractivity contribution in [2.24, 2.45) is 5.41 Å². The number of likely N-dealkylation sites (tertiary alicyclic amines) is 1. The largest absolute Gasteiger partial charge is 0.460 e. The molecule has 0 spiro atoms. The van der Waals surface area contributed by atoms with Crippen LogP contribution in [0.4, 0.5) is 29.2 Å². The number of hydrogen-bond acceptors (Lipinski definition) is 6. The van der Waals surface area contributed by atoms with E-state index in [9.17, 15) is 18.0 Å². The van der Waals surface area contributed by atoms with Gasteiger partial charge in [0, 0.05) is 43.3 Å². The summed E-state index contributed by atoms with van der Waals surface area (Å²) in [5, 5.41) is 7.54. The van der Waals surface area contributed by atoms with Crippen molar-refractivity contribution in [1.29, 1.82) is 0 Å². The van der Waals surface area contributed by atoms with Gasteiger partial charge in [-0.3, -0.25) is 14.4 Å². The lowest BCUT2D eigenvalue weighted by atomic mass is 9.71. The van der Waals surface area contributed by atoms with E-state index in [1.807, 2.05) is 39.5 Å². The van der Waals surface area contributed by atoms with Crippen LogP contribution < -0.4 is 5.32 Å². The summed E-state index contributed by atoms with van der Waals surface area (Å²) in [6.07, 6.45) is 0.141. The molecule has 1 aliphatic rings. The number of benzene rings is 1. The molecular formula is C34H44ClF4N5O2. The van der Waals surface area contributed by atoms with Crippen LogP contribution in [0.15, 0.2) is 30.3 Å². The molecule has 0 radical (unpaired) electrons. The highest BCUT2D eigenvalue weighted by atomic mass is 35.5. The number of aromatic nitrogens is 3. The zero-order chi connectivity index (χ0) is 34.4. The minimum Gasteiger partial charge on any atom is -0.460 e. The average Bonchev–Trinajstić information content (AvgIpc) is 3.28. The molecule has 12 heteroatoms. The molecule has 0 aliphatic carbocycles. The lowest BCUT2D eigenvalue weighted by Gasteiger charge is -2.45. The Morgan fingerprint density at radius 3 is 2.33 bits per heavy atom. The molecule has 2 atom stereocenters. The van der Waals surface area contributed by atoms with E-state index in [4.69, 9.17) is 16.3 Å². The number of rotatable bonds is 8. The molecule has 252 valence electrons. The molecule has 3 aromatic rings. The molecule has 0 bridgehead atoms. The number of anilines is 2. The summed E-state index contributed by atoms with van der Waals surface area (Å²) in [6.45, 7) is 16.1. The third-order valence-corrected chi connectivity index (χ3v) is 8.50. The molecule has 1 fully saturated rings. The van der Waals surface area contributed by atoms with E-state index in [0.717, 1.165) is 11.8 Å². The topological polar surface area (TPSA) is 72.3 Å². The fraction of sp³-hybridized carbons (Fsp3) is 0.559. The second-order valence-electron chi connectivity index (χ2n) is 14.5. The molecule has 2 unspecified atom stereocenters. The van der Waals surface area contributed by atoms with Gasteiger partial charge in [-0.15, -0.1) is 0 Å². The number of hydrogen-bond donors (Lipinski definition) is 1. The summed E-state index contributed by atoms with van der Waals surface area (Å²) >= 11 is 6.00. The van der Waals surface area contributed by atoms with Crippen molar-refractivity contribution < 1.29 is 27.1 Å². The van der Waals surface area contributed by atoms with Crippen LogP contribution >= 0.6 is 11.6 Å². The normalized spacial score (nSPS) is 19.7. The fourth-order valence-electron chi connectivity index (χ4n) is 6.05. The first-order valence-corrected chi connectivity index (χ1v) is 15.8. The van der Waals surface area contributed by atoms with Crippen LogP contribution in [0, 0.1) is 24.0 Å². The van der Waals surface area contributed by atoms with Gasteiger partial charge >= 0.3 is 5.97 Å². The summed E-state index contributed by atoms with van der Waals surface area (Å²) in [4.78, 5) is 20.4. The van der Waals surface area contributed by atoms with Gasteiger partial charge in [-0.05, 0) is 86.9 Å². The standard InChI is InChI=1S/C34H44ClF4N5O2/c1-20-15-27(42-44(20)31(3,4)5)41-26-16-23(33(9,38)39)29(37)25(40-26)18-34(30(45)46-32(6,7)8)13-14-43(21(2)17-34)19-22-11-10-12-24(35)28(22)36/h10-12,15-16,21H,13-14,17-19H2,1-9H3,(H,40,41,42). The van der Waals surface area contributed by atoms with Crippen LogP contribution in [0.3, 0.4) is 0 Å². The number of carbonyl (C=O) groups excluding carboxylic acids is 1. The monoisotopic (exact) mass is 665 g/mol. The second-order valence-corrected chi connectivity index (χ2v) is 14.9. The van der Waals surface area contributed by atoms with Crippen molar-refractivity contribution >= 4 is 29.2 Å². The zero-order valence-electron chi connectivity index (χ0n) is 28.0. The van der Waals surface area contributed by atoms with E-state index < -0.39 is 40.1 Å². The van der Waals surface area contributed by atoms with E-state index in [1.165, 1.54) is 6.07 Å². The highest BCUT2D eigenvalue weighted by molar-refractivity contribution is 6.30. The number of aryl methyl sites for hydroxylation is 1. The van der Waals surface area contributed by atoms with Crippen molar-refractivity contribution in [3.05, 3.63) is 69.5 Å². The third-order valence-electron chi connectivity index (χ3n) is 8.21. The Morgan fingerprint density at radius 1 is 1.09 bits per heavy atom. The Bertz CT molecular complexity index is 1590. The smallest absolute Gasteiger partial charge is 0.313 e. The van der Waals surface area contributed by atoms with Gasteiger partial charge < -0.3 is 10.1 Å². The molecule has 1 aliphatic heterocycles. The maximum absolute atomic E-state index is 16.0. The summed E-state index contributed by atoms with van der Waals surface area (Å²) in [5.74, 6) is -5.44. The van der Waals surface area contributed by atoms with E-state index in [0.29, 0.717) is 24.8 Å². The highest BCUT2D eigenvalue weighted by Gasteiger charge is 2.48. The van der Waals surface area contributed by atoms with E-state index in [2.05, 4.69) is 15.4 Å². The summed E-state index contributed by atoms with van der Waals surface area (Å²) in [7, 11) is 0. The van der Waals surface area contributed by atoms with Crippen molar-refractivity contribution in [2.45, 2.75) is 111 Å². The first kappa shape index (κ1) is 35.7. The van der Waals surface area contributed by atoms with Gasteiger partial charge in [-0.25, -0.2) is 22.5 Å². The van der Waals surface area contributed by atoms with Gasteiger partial charge in [0.25, 0.3) is 5.92 Å². The van der Waals surface area contributed by atoms with Gasteiger partial charge in [0.1, 0.15) is 17.2 Å². The van der Waals surface area contributed by atoms with E-state index in [1.54, 1.807) is 43.7 Å². The minimum absolute atomic E-state index is 0.0177. The molecule has 7 nitrogen and oxygen atoms in total. The van der Waals surface area contributed by atoms with Crippen LogP contribution in [0.1, 0.15) is 90.7 Å². The summed E-state index contributed by atoms with van der Waals surface area (Å²) in [5.41, 5.74) is -2.34. The molecule has 0 saturated carbocycles. The Kier molecular flexibility index (Phi) is 9.92. The van der Waals surface area contributed by atoms with Crippen LogP contribution in [-0.2, 0) is 34.0 Å². The Hall–Kier alpha value is -3.18.